The molecule has 0 fully saturated rings. The Hall–Kier alpha value is -10.4. The number of anilines is 12. The highest BCUT2D eigenvalue weighted by Gasteiger charge is 2.36. The molecule has 0 unspecified atom stereocenters. The van der Waals surface area contributed by atoms with Gasteiger partial charge in [-0.1, -0.05) is 196 Å². The van der Waals surface area contributed by atoms with Gasteiger partial charge in [-0.25, -0.2) is 0 Å². The van der Waals surface area contributed by atoms with Gasteiger partial charge in [0.05, 0.1) is 11.4 Å². The fourth-order valence-corrected chi connectivity index (χ4v) is 12.2. The minimum atomic E-state index is -0.122. The van der Waals surface area contributed by atoms with Crippen molar-refractivity contribution in [3.05, 3.63) is 327 Å². The van der Waals surface area contributed by atoms with Gasteiger partial charge in [0.2, 0.25) is 0 Å². The number of para-hydroxylation sites is 3. The summed E-state index contributed by atoms with van der Waals surface area (Å²) in [5.41, 5.74) is 20.6. The first-order valence-electron chi connectivity index (χ1n) is 27.9. The second-order valence-electron chi connectivity index (χ2n) is 21.4. The quantitative estimate of drug-likeness (QED) is 0.114. The van der Waals surface area contributed by atoms with Crippen LogP contribution in [0.25, 0.3) is 43.8 Å². The summed E-state index contributed by atoms with van der Waals surface area (Å²) in [6, 6.07) is 114. The fraction of sp³-hybridized carbons (Fsp3) is 0.0390. The predicted molar refractivity (Wildman–Crippen MR) is 343 cm³/mol. The number of nitrogens with zero attached hydrogens (tertiary/aromatic N) is 4. The summed E-state index contributed by atoms with van der Waals surface area (Å²) in [6.45, 7) is 4.70. The van der Waals surface area contributed by atoms with Gasteiger partial charge in [-0.2, -0.15) is 0 Å². The van der Waals surface area contributed by atoms with Crippen LogP contribution in [0, 0.1) is 0 Å². The van der Waals surface area contributed by atoms with Crippen LogP contribution in [0.4, 0.5) is 68.2 Å². The smallest absolute Gasteiger partial charge is 0.0540 e. The number of hydrogen-bond acceptors (Lipinski definition) is 4. The second kappa shape index (κ2) is 20.8. The van der Waals surface area contributed by atoms with Gasteiger partial charge < -0.3 is 19.6 Å². The molecule has 1 aliphatic rings. The van der Waals surface area contributed by atoms with Crippen molar-refractivity contribution in [3.63, 3.8) is 0 Å². The van der Waals surface area contributed by atoms with Gasteiger partial charge in [0.1, 0.15) is 0 Å². The van der Waals surface area contributed by atoms with Crippen molar-refractivity contribution in [2.75, 3.05) is 19.6 Å². The first-order chi connectivity index (χ1) is 39.9. The van der Waals surface area contributed by atoms with Crippen LogP contribution in [0.2, 0.25) is 0 Å². The molecule has 0 spiro atoms. The Morgan fingerprint density at radius 2 is 0.531 bits per heavy atom. The first-order valence-corrected chi connectivity index (χ1v) is 27.9. The summed E-state index contributed by atoms with van der Waals surface area (Å²) in [6.07, 6.45) is 0. The molecule has 4 nitrogen and oxygen atoms in total. The molecule has 0 heterocycles. The lowest BCUT2D eigenvalue weighted by Gasteiger charge is -2.31. The van der Waals surface area contributed by atoms with E-state index in [0.717, 1.165) is 79.4 Å². The molecule has 4 heteroatoms. The number of hydrogen-bond donors (Lipinski definition) is 0. The minimum Gasteiger partial charge on any atom is -0.311 e. The topological polar surface area (TPSA) is 13.0 Å². The first kappa shape index (κ1) is 48.9. The molecule has 13 aromatic rings. The van der Waals surface area contributed by atoms with Crippen molar-refractivity contribution in [3.8, 4) is 22.3 Å². The van der Waals surface area contributed by atoms with E-state index in [0.29, 0.717) is 0 Å². The largest absolute Gasteiger partial charge is 0.311 e. The van der Waals surface area contributed by atoms with E-state index in [9.17, 15) is 0 Å². The van der Waals surface area contributed by atoms with Gasteiger partial charge in [-0.3, -0.25) is 0 Å². The lowest BCUT2D eigenvalue weighted by atomic mass is 9.82. The third kappa shape index (κ3) is 9.03. The highest BCUT2D eigenvalue weighted by molar-refractivity contribution is 6.01. The van der Waals surface area contributed by atoms with Crippen LogP contribution in [-0.2, 0) is 5.41 Å². The molecule has 81 heavy (non-hydrogen) atoms. The van der Waals surface area contributed by atoms with Crippen LogP contribution in [0.1, 0.15) is 25.0 Å². The van der Waals surface area contributed by atoms with Crippen LogP contribution in [-0.4, -0.2) is 0 Å². The monoisotopic (exact) mass is 1040 g/mol. The van der Waals surface area contributed by atoms with Crippen molar-refractivity contribution in [2.45, 2.75) is 19.3 Å². The molecule has 0 bridgehead atoms. The molecule has 0 N–H and O–H groups in total. The highest BCUT2D eigenvalue weighted by atomic mass is 15.2. The molecular formula is C77H58N4. The van der Waals surface area contributed by atoms with E-state index in [1.165, 1.54) is 43.8 Å². The average molecular weight is 1040 g/mol. The normalized spacial score (nSPS) is 12.2. The van der Waals surface area contributed by atoms with Crippen molar-refractivity contribution < 1.29 is 0 Å². The Morgan fingerprint density at radius 3 is 0.975 bits per heavy atom. The molecule has 13 aromatic carbocycles. The van der Waals surface area contributed by atoms with Crippen LogP contribution < -0.4 is 19.6 Å². The van der Waals surface area contributed by atoms with E-state index >= 15 is 0 Å². The van der Waals surface area contributed by atoms with E-state index in [2.05, 4.69) is 349 Å². The molecular weight excluding hydrogens is 981 g/mol. The van der Waals surface area contributed by atoms with Crippen molar-refractivity contribution in [1.29, 1.82) is 0 Å². The van der Waals surface area contributed by atoms with Gasteiger partial charge in [0.15, 0.2) is 0 Å². The molecule has 0 radical (unpaired) electrons. The zero-order valence-corrected chi connectivity index (χ0v) is 45.3. The molecule has 0 amide bonds. The maximum Gasteiger partial charge on any atom is 0.0540 e. The lowest BCUT2D eigenvalue weighted by Crippen LogP contribution is -2.16. The van der Waals surface area contributed by atoms with E-state index in [-0.39, 0.29) is 5.41 Å². The number of fused-ring (bicyclic) bond motifs is 5. The van der Waals surface area contributed by atoms with Gasteiger partial charge in [-0.05, 0) is 178 Å². The lowest BCUT2D eigenvalue weighted by molar-refractivity contribution is 0.660. The fourth-order valence-electron chi connectivity index (χ4n) is 12.2. The van der Waals surface area contributed by atoms with E-state index in [1.807, 2.05) is 0 Å². The van der Waals surface area contributed by atoms with Gasteiger partial charge in [0, 0.05) is 73.1 Å². The Bertz CT molecular complexity index is 4300. The third-order valence-electron chi connectivity index (χ3n) is 16.2. The second-order valence-corrected chi connectivity index (χ2v) is 21.4. The van der Waals surface area contributed by atoms with Gasteiger partial charge >= 0.3 is 0 Å². The average Bonchev–Trinajstić information content (AvgIpc) is 4.06. The Morgan fingerprint density at radius 1 is 0.222 bits per heavy atom. The molecule has 0 saturated carbocycles. The van der Waals surface area contributed by atoms with Crippen LogP contribution >= 0.6 is 0 Å². The van der Waals surface area contributed by atoms with Crippen molar-refractivity contribution in [2.24, 2.45) is 0 Å². The maximum atomic E-state index is 2.40. The predicted octanol–water partition coefficient (Wildman–Crippen LogP) is 21.8. The standard InChI is InChI=1S/C77H58N4/c1-77(2)73-33-17-16-32-71(73)72-53-52-68(54-74(72)77)79(61-28-10-5-11-29-61)63-44-46-65(47-45-63)81(76-35-19-23-58-21-13-15-31-70(58)76)67-50-48-66(49-51-67)80(75-34-18-22-57-20-12-14-30-69(57)75)64-42-38-56(39-43-64)55-36-40-62(41-37-55)78(59-24-6-3-7-25-59)60-26-8-4-9-27-60/h3-54H,1-2H3. The molecule has 0 saturated heterocycles. The Balaban J connectivity index is 0.829. The van der Waals surface area contributed by atoms with Crippen molar-refractivity contribution >= 4 is 89.8 Å². The van der Waals surface area contributed by atoms with Crippen LogP contribution in [0.3, 0.4) is 0 Å². The summed E-state index contributed by atoms with van der Waals surface area (Å²) >= 11 is 0. The van der Waals surface area contributed by atoms with Gasteiger partial charge in [-0.15, -0.1) is 0 Å². The van der Waals surface area contributed by atoms with E-state index < -0.39 is 0 Å². The van der Waals surface area contributed by atoms with Crippen LogP contribution in [0.15, 0.2) is 315 Å². The molecule has 14 rings (SSSR count). The number of benzene rings is 13. The molecule has 0 aromatic heterocycles. The zero-order valence-electron chi connectivity index (χ0n) is 45.3. The number of rotatable bonds is 13. The summed E-state index contributed by atoms with van der Waals surface area (Å²) in [5.74, 6) is 0. The Labute approximate surface area is 474 Å². The van der Waals surface area contributed by atoms with Crippen LogP contribution in [0.5, 0.6) is 0 Å². The Kier molecular flexibility index (Phi) is 12.5. The van der Waals surface area contributed by atoms with E-state index in [4.69, 9.17) is 0 Å². The SMILES string of the molecule is CC1(C)c2ccccc2-c2ccc(N(c3ccccc3)c3ccc(N(c4ccc(N(c5ccc(-c6ccc(N(c7ccccc7)c7ccccc7)cc6)cc5)c5cccc6ccccc56)cc4)c4cccc5ccccc45)cc3)cc21. The molecule has 0 atom stereocenters. The summed E-state index contributed by atoms with van der Waals surface area (Å²) in [5, 5.41) is 4.74. The zero-order chi connectivity index (χ0) is 54.3. The van der Waals surface area contributed by atoms with Crippen molar-refractivity contribution in [1.82, 2.24) is 0 Å². The highest BCUT2D eigenvalue weighted by Crippen LogP contribution is 2.51. The molecule has 386 valence electrons. The maximum absolute atomic E-state index is 2.40. The summed E-state index contributed by atoms with van der Waals surface area (Å²) < 4.78 is 0. The van der Waals surface area contributed by atoms with E-state index in [1.54, 1.807) is 0 Å². The van der Waals surface area contributed by atoms with Gasteiger partial charge in [0.25, 0.3) is 0 Å². The summed E-state index contributed by atoms with van der Waals surface area (Å²) in [7, 11) is 0. The molecule has 0 aliphatic heterocycles. The molecule has 1 aliphatic carbocycles. The third-order valence-corrected chi connectivity index (χ3v) is 16.2. The summed E-state index contributed by atoms with van der Waals surface area (Å²) in [4.78, 5) is 9.48. The minimum absolute atomic E-state index is 0.122.